The second-order valence-electron chi connectivity index (χ2n) is 4.14. The van der Waals surface area contributed by atoms with Gasteiger partial charge in [-0.15, -0.1) is 11.3 Å². The third-order valence-electron chi connectivity index (χ3n) is 2.70. The monoisotopic (exact) mass is 352 g/mol. The summed E-state index contributed by atoms with van der Waals surface area (Å²) < 4.78 is 6.15. The Balaban J connectivity index is 1.80. The number of anilines is 2. The Morgan fingerprint density at radius 1 is 1.40 bits per heavy atom. The summed E-state index contributed by atoms with van der Waals surface area (Å²) >= 11 is 4.76. The predicted octanol–water partition coefficient (Wildman–Crippen LogP) is 3.09. The van der Waals surface area contributed by atoms with Crippen molar-refractivity contribution in [1.82, 2.24) is 0 Å². The number of rotatable bonds is 2. The van der Waals surface area contributed by atoms with Crippen LogP contribution in [0.4, 0.5) is 11.4 Å². The minimum Gasteiger partial charge on any atom is -0.482 e. The van der Waals surface area contributed by atoms with Gasteiger partial charge in [-0.2, -0.15) is 0 Å². The molecule has 0 saturated carbocycles. The average molecular weight is 353 g/mol. The van der Waals surface area contributed by atoms with E-state index in [0.29, 0.717) is 22.7 Å². The number of hydrogen-bond donors (Lipinski definition) is 2. The van der Waals surface area contributed by atoms with E-state index < -0.39 is 0 Å². The summed E-state index contributed by atoms with van der Waals surface area (Å²) in [6.07, 6.45) is 0. The Hall–Kier alpha value is -1.86. The molecule has 2 amide bonds. The van der Waals surface area contributed by atoms with E-state index in [1.165, 1.54) is 11.3 Å². The summed E-state index contributed by atoms with van der Waals surface area (Å²) in [7, 11) is 0. The molecule has 1 aromatic heterocycles. The topological polar surface area (TPSA) is 67.4 Å². The Bertz CT molecular complexity index is 699. The molecule has 20 heavy (non-hydrogen) atoms. The zero-order valence-corrected chi connectivity index (χ0v) is 12.5. The standard InChI is InChI=1S/C13H9BrN2O3S/c14-11-3-7(6-20-11)13(18)15-8-1-2-10-9(4-8)16-12(17)5-19-10/h1-4,6H,5H2,(H,15,18)(H,16,17). The second kappa shape index (κ2) is 5.26. The molecule has 0 atom stereocenters. The molecular weight excluding hydrogens is 344 g/mol. The first-order chi connectivity index (χ1) is 9.61. The summed E-state index contributed by atoms with van der Waals surface area (Å²) in [5.41, 5.74) is 1.74. The number of carbonyl (C=O) groups is 2. The molecule has 0 unspecified atom stereocenters. The highest BCUT2D eigenvalue weighted by atomic mass is 79.9. The molecule has 1 aromatic carbocycles. The van der Waals surface area contributed by atoms with E-state index in [4.69, 9.17) is 4.74 Å². The molecule has 2 heterocycles. The summed E-state index contributed by atoms with van der Waals surface area (Å²) in [5.74, 6) is 0.193. The van der Waals surface area contributed by atoms with E-state index in [-0.39, 0.29) is 18.4 Å². The fraction of sp³-hybridized carbons (Fsp3) is 0.0769. The fourth-order valence-corrected chi connectivity index (χ4v) is 2.93. The largest absolute Gasteiger partial charge is 0.482 e. The van der Waals surface area contributed by atoms with E-state index in [1.807, 2.05) is 0 Å². The number of hydrogen-bond acceptors (Lipinski definition) is 4. The highest BCUT2D eigenvalue weighted by Crippen LogP contribution is 2.30. The van der Waals surface area contributed by atoms with Crippen LogP contribution >= 0.6 is 27.3 Å². The lowest BCUT2D eigenvalue weighted by Crippen LogP contribution is -2.25. The van der Waals surface area contributed by atoms with Crippen molar-refractivity contribution in [2.24, 2.45) is 0 Å². The zero-order valence-electron chi connectivity index (χ0n) is 10.1. The molecule has 2 aromatic rings. The van der Waals surface area contributed by atoms with Crippen LogP contribution in [0.5, 0.6) is 5.75 Å². The van der Waals surface area contributed by atoms with Gasteiger partial charge in [-0.3, -0.25) is 9.59 Å². The second-order valence-corrected chi connectivity index (χ2v) is 6.43. The number of fused-ring (bicyclic) bond motifs is 1. The lowest BCUT2D eigenvalue weighted by molar-refractivity contribution is -0.118. The first kappa shape index (κ1) is 13.1. The molecule has 0 fully saturated rings. The van der Waals surface area contributed by atoms with Crippen LogP contribution in [0.3, 0.4) is 0 Å². The maximum absolute atomic E-state index is 12.0. The summed E-state index contributed by atoms with van der Waals surface area (Å²) in [4.78, 5) is 23.3. The number of benzene rings is 1. The van der Waals surface area contributed by atoms with Crippen LogP contribution < -0.4 is 15.4 Å². The van der Waals surface area contributed by atoms with Gasteiger partial charge in [0.15, 0.2) is 6.61 Å². The first-order valence-electron chi connectivity index (χ1n) is 5.74. The highest BCUT2D eigenvalue weighted by molar-refractivity contribution is 9.11. The van der Waals surface area contributed by atoms with Crippen LogP contribution in [0.25, 0.3) is 0 Å². The molecule has 1 aliphatic rings. The number of thiophene rings is 1. The van der Waals surface area contributed by atoms with Gasteiger partial charge in [0.1, 0.15) is 5.75 Å². The number of nitrogens with one attached hydrogen (secondary N) is 2. The van der Waals surface area contributed by atoms with E-state index in [2.05, 4.69) is 26.6 Å². The minimum absolute atomic E-state index is 0.0155. The fourth-order valence-electron chi connectivity index (χ4n) is 1.79. The maximum Gasteiger partial charge on any atom is 0.262 e. The molecule has 7 heteroatoms. The van der Waals surface area contributed by atoms with Crippen LogP contribution in [0.15, 0.2) is 33.4 Å². The normalized spacial score (nSPS) is 13.2. The smallest absolute Gasteiger partial charge is 0.262 e. The van der Waals surface area contributed by atoms with Crippen molar-refractivity contribution in [2.75, 3.05) is 17.2 Å². The number of carbonyl (C=O) groups excluding carboxylic acids is 2. The van der Waals surface area contributed by atoms with Crippen molar-refractivity contribution in [3.63, 3.8) is 0 Å². The highest BCUT2D eigenvalue weighted by Gasteiger charge is 2.16. The molecule has 0 bridgehead atoms. The Kier molecular flexibility index (Phi) is 3.45. The number of ether oxygens (including phenoxy) is 1. The van der Waals surface area contributed by atoms with Gasteiger partial charge in [-0.05, 0) is 40.2 Å². The molecule has 1 aliphatic heterocycles. The third-order valence-corrected chi connectivity index (χ3v) is 4.20. The summed E-state index contributed by atoms with van der Waals surface area (Å²) in [5, 5.41) is 7.24. The van der Waals surface area contributed by atoms with Crippen molar-refractivity contribution >= 4 is 50.5 Å². The van der Waals surface area contributed by atoms with Gasteiger partial charge in [0.25, 0.3) is 11.8 Å². The van der Waals surface area contributed by atoms with Crippen molar-refractivity contribution < 1.29 is 14.3 Å². The van der Waals surface area contributed by atoms with Crippen molar-refractivity contribution in [3.05, 3.63) is 39.0 Å². The van der Waals surface area contributed by atoms with E-state index in [0.717, 1.165) is 3.79 Å². The van der Waals surface area contributed by atoms with E-state index in [1.54, 1.807) is 29.6 Å². The minimum atomic E-state index is -0.206. The lowest BCUT2D eigenvalue weighted by Gasteiger charge is -2.18. The maximum atomic E-state index is 12.0. The van der Waals surface area contributed by atoms with Crippen LogP contribution in [0, 0.1) is 0 Å². The average Bonchev–Trinajstić information content (AvgIpc) is 2.85. The van der Waals surface area contributed by atoms with Crippen LogP contribution in [0.2, 0.25) is 0 Å². The van der Waals surface area contributed by atoms with E-state index >= 15 is 0 Å². The summed E-state index contributed by atoms with van der Waals surface area (Å²) in [6.45, 7) is 0.0155. The van der Waals surface area contributed by atoms with Gasteiger partial charge >= 0.3 is 0 Å². The Morgan fingerprint density at radius 3 is 3.00 bits per heavy atom. The number of halogens is 1. The van der Waals surface area contributed by atoms with Gasteiger partial charge in [-0.1, -0.05) is 0 Å². The third kappa shape index (κ3) is 2.68. The molecule has 5 nitrogen and oxygen atoms in total. The quantitative estimate of drug-likeness (QED) is 0.872. The molecule has 0 radical (unpaired) electrons. The Labute approximate surface area is 127 Å². The van der Waals surface area contributed by atoms with Crippen LogP contribution in [-0.2, 0) is 4.79 Å². The molecule has 0 saturated heterocycles. The predicted molar refractivity (Wildman–Crippen MR) is 80.5 cm³/mol. The molecule has 102 valence electrons. The lowest BCUT2D eigenvalue weighted by atomic mass is 10.2. The van der Waals surface area contributed by atoms with Gasteiger partial charge < -0.3 is 15.4 Å². The van der Waals surface area contributed by atoms with Gasteiger partial charge in [0.05, 0.1) is 15.0 Å². The molecule has 2 N–H and O–H groups in total. The molecule has 0 spiro atoms. The number of amides is 2. The summed E-state index contributed by atoms with van der Waals surface area (Å²) in [6, 6.07) is 6.87. The zero-order chi connectivity index (χ0) is 14.1. The Morgan fingerprint density at radius 2 is 2.25 bits per heavy atom. The van der Waals surface area contributed by atoms with Crippen molar-refractivity contribution in [1.29, 1.82) is 0 Å². The molecule has 0 aliphatic carbocycles. The van der Waals surface area contributed by atoms with Gasteiger partial charge in [0.2, 0.25) is 0 Å². The van der Waals surface area contributed by atoms with Crippen LogP contribution in [-0.4, -0.2) is 18.4 Å². The van der Waals surface area contributed by atoms with Gasteiger partial charge in [-0.25, -0.2) is 0 Å². The molecule has 3 rings (SSSR count). The molecular formula is C13H9BrN2O3S. The SMILES string of the molecule is O=C1COc2ccc(NC(=O)c3csc(Br)c3)cc2N1. The van der Waals surface area contributed by atoms with Crippen molar-refractivity contribution in [2.45, 2.75) is 0 Å². The van der Waals surface area contributed by atoms with Crippen LogP contribution in [0.1, 0.15) is 10.4 Å². The van der Waals surface area contributed by atoms with Gasteiger partial charge in [0, 0.05) is 11.1 Å². The van der Waals surface area contributed by atoms with E-state index in [9.17, 15) is 9.59 Å². The first-order valence-corrected chi connectivity index (χ1v) is 7.41. The van der Waals surface area contributed by atoms with Crippen molar-refractivity contribution in [3.8, 4) is 5.75 Å².